The van der Waals surface area contributed by atoms with Gasteiger partial charge in [-0.15, -0.1) is 11.3 Å². The summed E-state index contributed by atoms with van der Waals surface area (Å²) in [7, 11) is 3.23. The molecule has 0 spiro atoms. The Morgan fingerprint density at radius 3 is 2.54 bits per heavy atom. The summed E-state index contributed by atoms with van der Waals surface area (Å²) < 4.78 is 16.1. The second-order valence-corrected chi connectivity index (χ2v) is 7.27. The van der Waals surface area contributed by atoms with Gasteiger partial charge in [0.15, 0.2) is 11.5 Å². The Morgan fingerprint density at radius 2 is 1.79 bits per heavy atom. The zero-order chi connectivity index (χ0) is 19.5. The van der Waals surface area contributed by atoms with Crippen LogP contribution in [0.2, 0.25) is 0 Å². The van der Waals surface area contributed by atoms with Gasteiger partial charge in [0.2, 0.25) is 11.7 Å². The lowest BCUT2D eigenvalue weighted by Crippen LogP contribution is -1.94. The van der Waals surface area contributed by atoms with Gasteiger partial charge in [-0.25, -0.2) is 4.98 Å². The minimum atomic E-state index is 0.512. The Balaban J connectivity index is 1.57. The molecule has 0 radical (unpaired) electrons. The van der Waals surface area contributed by atoms with Crippen LogP contribution in [0.5, 0.6) is 11.5 Å². The predicted octanol–water partition coefficient (Wildman–Crippen LogP) is 4.78. The number of benzene rings is 2. The maximum atomic E-state index is 5.46. The first-order valence-corrected chi connectivity index (χ1v) is 9.60. The zero-order valence-electron chi connectivity index (χ0n) is 15.8. The van der Waals surface area contributed by atoms with Crippen molar-refractivity contribution < 1.29 is 14.0 Å². The van der Waals surface area contributed by atoms with Crippen molar-refractivity contribution in [1.29, 1.82) is 0 Å². The first kappa shape index (κ1) is 18.2. The fraction of sp³-hybridized carbons (Fsp3) is 0.190. The zero-order valence-corrected chi connectivity index (χ0v) is 16.6. The third-order valence-corrected chi connectivity index (χ3v) is 5.08. The van der Waals surface area contributed by atoms with Crippen molar-refractivity contribution in [2.45, 2.75) is 13.3 Å². The molecule has 2 aromatic carbocycles. The highest BCUT2D eigenvalue weighted by Crippen LogP contribution is 2.29. The maximum absolute atomic E-state index is 5.46. The second kappa shape index (κ2) is 7.82. The molecule has 0 unspecified atom stereocenters. The molecule has 2 heterocycles. The van der Waals surface area contributed by atoms with Crippen LogP contribution in [0.15, 0.2) is 52.4 Å². The monoisotopic (exact) mass is 393 g/mol. The minimum absolute atomic E-state index is 0.512. The molecule has 0 saturated carbocycles. The Bertz CT molecular complexity index is 1100. The van der Waals surface area contributed by atoms with E-state index in [-0.39, 0.29) is 0 Å². The number of hydrogen-bond acceptors (Lipinski definition) is 7. The summed E-state index contributed by atoms with van der Waals surface area (Å²) in [5.74, 6) is 2.46. The quantitative estimate of drug-likeness (QED) is 0.470. The summed E-state index contributed by atoms with van der Waals surface area (Å²) in [6, 6.07) is 13.7. The van der Waals surface area contributed by atoms with Gasteiger partial charge in [0.05, 0.1) is 31.3 Å². The smallest absolute Gasteiger partial charge is 0.231 e. The summed E-state index contributed by atoms with van der Waals surface area (Å²) in [6.07, 6.45) is 0.512. The third kappa shape index (κ3) is 3.75. The number of nitrogens with zero attached hydrogens (tertiary/aromatic N) is 3. The molecule has 4 rings (SSSR count). The molecule has 142 valence electrons. The van der Waals surface area contributed by atoms with Crippen molar-refractivity contribution in [1.82, 2.24) is 15.1 Å². The van der Waals surface area contributed by atoms with E-state index in [4.69, 9.17) is 14.0 Å². The van der Waals surface area contributed by atoms with Crippen molar-refractivity contribution in [2.75, 3.05) is 14.2 Å². The van der Waals surface area contributed by atoms with Crippen LogP contribution < -0.4 is 9.47 Å². The molecule has 0 atom stereocenters. The molecule has 0 aliphatic carbocycles. The van der Waals surface area contributed by atoms with Crippen LogP contribution in [0.1, 0.15) is 16.5 Å². The normalized spacial score (nSPS) is 10.8. The van der Waals surface area contributed by atoms with Crippen molar-refractivity contribution in [3.63, 3.8) is 0 Å². The van der Waals surface area contributed by atoms with Gasteiger partial charge < -0.3 is 14.0 Å². The standard InChI is InChI=1S/C21H19N3O3S/c1-13-22-17(12-28-13)15-5-4-6-16(11-15)21-23-20(27-24-21)10-14-7-8-18(25-2)19(9-14)26-3/h4-9,11-12H,10H2,1-3H3. The van der Waals surface area contributed by atoms with Crippen LogP contribution in [0.25, 0.3) is 22.6 Å². The van der Waals surface area contributed by atoms with Crippen LogP contribution in [0.3, 0.4) is 0 Å². The average Bonchev–Trinajstić information content (AvgIpc) is 3.37. The average molecular weight is 393 g/mol. The van der Waals surface area contributed by atoms with E-state index in [1.54, 1.807) is 25.6 Å². The van der Waals surface area contributed by atoms with E-state index in [1.165, 1.54) is 0 Å². The van der Waals surface area contributed by atoms with Gasteiger partial charge in [0.25, 0.3) is 0 Å². The molecule has 0 aliphatic heterocycles. The van der Waals surface area contributed by atoms with Crippen LogP contribution in [-0.2, 0) is 6.42 Å². The summed E-state index contributed by atoms with van der Waals surface area (Å²) in [6.45, 7) is 2.00. The van der Waals surface area contributed by atoms with E-state index < -0.39 is 0 Å². The molecule has 0 bridgehead atoms. The van der Waals surface area contributed by atoms with Crippen LogP contribution >= 0.6 is 11.3 Å². The number of thiazole rings is 1. The molecular formula is C21H19N3O3S. The van der Waals surface area contributed by atoms with Crippen LogP contribution in [0.4, 0.5) is 0 Å². The van der Waals surface area contributed by atoms with E-state index >= 15 is 0 Å². The fourth-order valence-corrected chi connectivity index (χ4v) is 3.54. The number of ether oxygens (including phenoxy) is 2. The second-order valence-electron chi connectivity index (χ2n) is 6.21. The summed E-state index contributed by atoms with van der Waals surface area (Å²) in [4.78, 5) is 9.09. The molecule has 28 heavy (non-hydrogen) atoms. The van der Waals surface area contributed by atoms with E-state index in [1.807, 2.05) is 54.8 Å². The lowest BCUT2D eigenvalue weighted by atomic mass is 10.1. The maximum Gasteiger partial charge on any atom is 0.231 e. The van der Waals surface area contributed by atoms with Crippen LogP contribution in [-0.4, -0.2) is 29.3 Å². The van der Waals surface area contributed by atoms with Gasteiger partial charge in [0.1, 0.15) is 0 Å². The Labute approximate surface area is 166 Å². The number of aromatic nitrogens is 3. The largest absolute Gasteiger partial charge is 0.493 e. The lowest BCUT2D eigenvalue weighted by molar-refractivity contribution is 0.354. The molecule has 7 heteroatoms. The Hall–Kier alpha value is -3.19. The molecule has 0 amide bonds. The number of aryl methyl sites for hydroxylation is 1. The molecule has 0 saturated heterocycles. The Morgan fingerprint density at radius 1 is 0.964 bits per heavy atom. The van der Waals surface area contributed by atoms with Gasteiger partial charge in [-0.05, 0) is 30.7 Å². The first-order chi connectivity index (χ1) is 13.7. The van der Waals surface area contributed by atoms with Gasteiger partial charge in [0, 0.05) is 16.5 Å². The summed E-state index contributed by atoms with van der Waals surface area (Å²) in [5, 5.41) is 7.23. The van der Waals surface area contributed by atoms with Crippen molar-refractivity contribution >= 4 is 11.3 Å². The minimum Gasteiger partial charge on any atom is -0.493 e. The molecule has 4 aromatic rings. The topological polar surface area (TPSA) is 70.3 Å². The van der Waals surface area contributed by atoms with E-state index in [0.717, 1.165) is 27.4 Å². The number of hydrogen-bond donors (Lipinski definition) is 0. The molecule has 0 N–H and O–H groups in total. The fourth-order valence-electron chi connectivity index (χ4n) is 2.92. The number of methoxy groups -OCH3 is 2. The van der Waals surface area contributed by atoms with Gasteiger partial charge in [-0.3, -0.25) is 0 Å². The molecule has 2 aromatic heterocycles. The van der Waals surface area contributed by atoms with Crippen molar-refractivity contribution in [2.24, 2.45) is 0 Å². The highest BCUT2D eigenvalue weighted by atomic mass is 32.1. The van der Waals surface area contributed by atoms with Crippen molar-refractivity contribution in [3.05, 3.63) is 64.3 Å². The van der Waals surface area contributed by atoms with Gasteiger partial charge in [-0.2, -0.15) is 4.98 Å². The summed E-state index contributed by atoms with van der Waals surface area (Å²) in [5.41, 5.74) is 3.89. The van der Waals surface area contributed by atoms with E-state index in [0.29, 0.717) is 29.6 Å². The Kier molecular flexibility index (Phi) is 5.08. The molecular weight excluding hydrogens is 374 g/mol. The lowest BCUT2D eigenvalue weighted by Gasteiger charge is -2.08. The SMILES string of the molecule is COc1ccc(Cc2nc(-c3cccc(-c4csc(C)n4)c3)no2)cc1OC. The van der Waals surface area contributed by atoms with Gasteiger partial charge in [-0.1, -0.05) is 29.4 Å². The number of rotatable bonds is 6. The van der Waals surface area contributed by atoms with E-state index in [9.17, 15) is 0 Å². The van der Waals surface area contributed by atoms with Crippen molar-refractivity contribution in [3.8, 4) is 34.1 Å². The van der Waals surface area contributed by atoms with E-state index in [2.05, 4.69) is 15.1 Å². The van der Waals surface area contributed by atoms with Crippen LogP contribution in [0, 0.1) is 6.92 Å². The highest BCUT2D eigenvalue weighted by Gasteiger charge is 2.12. The first-order valence-electron chi connectivity index (χ1n) is 8.72. The molecule has 6 nitrogen and oxygen atoms in total. The predicted molar refractivity (Wildman–Crippen MR) is 108 cm³/mol. The summed E-state index contributed by atoms with van der Waals surface area (Å²) >= 11 is 1.63. The molecule has 0 aliphatic rings. The highest BCUT2D eigenvalue weighted by molar-refractivity contribution is 7.09. The van der Waals surface area contributed by atoms with Gasteiger partial charge >= 0.3 is 0 Å². The third-order valence-electron chi connectivity index (χ3n) is 4.31. The molecule has 0 fully saturated rings.